The Morgan fingerprint density at radius 1 is 1.50 bits per heavy atom. The average Bonchev–Trinajstić information content (AvgIpc) is 2.49. The van der Waals surface area contributed by atoms with Crippen LogP contribution in [0.4, 0.5) is 5.69 Å². The normalized spacial score (nSPS) is 23.8. The van der Waals surface area contributed by atoms with Crippen LogP contribution in [0.15, 0.2) is 29.2 Å². The number of hydrogen-bond acceptors (Lipinski definition) is 5. The van der Waals surface area contributed by atoms with Crippen LogP contribution in [0.2, 0.25) is 0 Å². The Morgan fingerprint density at radius 2 is 2.21 bits per heavy atom. The summed E-state index contributed by atoms with van der Waals surface area (Å²) in [6.07, 6.45) is 5.91. The van der Waals surface area contributed by atoms with Gasteiger partial charge in [0.05, 0.1) is 18.4 Å². The van der Waals surface area contributed by atoms with Crippen molar-refractivity contribution in [3.05, 3.63) is 40.3 Å². The van der Waals surface area contributed by atoms with Crippen molar-refractivity contribution in [2.45, 2.75) is 31.2 Å². The van der Waals surface area contributed by atoms with Gasteiger partial charge < -0.3 is 19.9 Å². The van der Waals surface area contributed by atoms with Gasteiger partial charge in [0.15, 0.2) is 0 Å². The molecule has 1 heterocycles. The molecule has 6 heteroatoms. The topological polar surface area (TPSA) is 79.1 Å². The molecular formula is C18H26N4O2. The van der Waals surface area contributed by atoms with Crippen LogP contribution in [0.3, 0.4) is 0 Å². The summed E-state index contributed by atoms with van der Waals surface area (Å²) in [6, 6.07) is 1.59. The van der Waals surface area contributed by atoms with Crippen molar-refractivity contribution in [1.29, 1.82) is 5.41 Å². The standard InChI is InChI=1S/C18H26N4O2/c1-12(4-5-20-2)10-21-15-6-16(23)22(11-14(15)17(19)24-3)18-7-13(8-18)9-18/h6,11,13,19-21H,1,4-5,7-10H2,2-3H3. The van der Waals surface area contributed by atoms with E-state index in [0.717, 1.165) is 43.7 Å². The molecule has 0 unspecified atom stereocenters. The summed E-state index contributed by atoms with van der Waals surface area (Å²) in [5.41, 5.74) is 2.30. The molecule has 4 rings (SSSR count). The smallest absolute Gasteiger partial charge is 0.253 e. The minimum absolute atomic E-state index is 0.000552. The van der Waals surface area contributed by atoms with Gasteiger partial charge in [-0.3, -0.25) is 10.2 Å². The fraction of sp³-hybridized carbons (Fsp3) is 0.556. The maximum Gasteiger partial charge on any atom is 0.253 e. The van der Waals surface area contributed by atoms with Crippen LogP contribution in [0.5, 0.6) is 0 Å². The number of nitrogens with zero attached hydrogens (tertiary/aromatic N) is 1. The number of pyridine rings is 1. The third kappa shape index (κ3) is 2.86. The van der Waals surface area contributed by atoms with Crippen LogP contribution < -0.4 is 16.2 Å². The molecule has 0 atom stereocenters. The molecule has 3 aliphatic rings. The molecule has 0 spiro atoms. The van der Waals surface area contributed by atoms with Crippen molar-refractivity contribution in [1.82, 2.24) is 9.88 Å². The van der Waals surface area contributed by atoms with E-state index in [1.807, 2.05) is 11.6 Å². The molecule has 0 radical (unpaired) electrons. The van der Waals surface area contributed by atoms with E-state index in [1.165, 1.54) is 7.11 Å². The predicted molar refractivity (Wildman–Crippen MR) is 96.0 cm³/mol. The molecule has 1 aromatic heterocycles. The Labute approximate surface area is 142 Å². The first kappa shape index (κ1) is 16.8. The number of rotatable bonds is 8. The first-order valence-corrected chi connectivity index (χ1v) is 8.44. The summed E-state index contributed by atoms with van der Waals surface area (Å²) in [5.74, 6) is 0.856. The largest absolute Gasteiger partial charge is 0.481 e. The third-order valence-electron chi connectivity index (χ3n) is 5.28. The second kappa shape index (κ2) is 6.43. The van der Waals surface area contributed by atoms with Crippen molar-refractivity contribution >= 4 is 11.6 Å². The lowest BCUT2D eigenvalue weighted by atomic mass is 9.49. The van der Waals surface area contributed by atoms with Crippen LogP contribution in [-0.2, 0) is 10.3 Å². The van der Waals surface area contributed by atoms with Crippen molar-refractivity contribution in [2.24, 2.45) is 5.92 Å². The van der Waals surface area contributed by atoms with E-state index in [2.05, 4.69) is 17.2 Å². The lowest BCUT2D eigenvalue weighted by molar-refractivity contribution is -0.0914. The van der Waals surface area contributed by atoms with Crippen LogP contribution in [0, 0.1) is 11.3 Å². The number of anilines is 1. The van der Waals surface area contributed by atoms with Gasteiger partial charge in [0.25, 0.3) is 5.56 Å². The van der Waals surface area contributed by atoms with Gasteiger partial charge >= 0.3 is 0 Å². The Hall–Kier alpha value is -2.08. The lowest BCUT2D eigenvalue weighted by Gasteiger charge is -2.62. The first-order chi connectivity index (χ1) is 11.5. The zero-order valence-corrected chi connectivity index (χ0v) is 14.4. The van der Waals surface area contributed by atoms with Gasteiger partial charge in [-0.05, 0) is 45.2 Å². The van der Waals surface area contributed by atoms with Crippen molar-refractivity contribution in [3.8, 4) is 0 Å². The van der Waals surface area contributed by atoms with E-state index < -0.39 is 0 Å². The minimum Gasteiger partial charge on any atom is -0.481 e. The quantitative estimate of drug-likeness (QED) is 0.386. The Morgan fingerprint density at radius 3 is 2.75 bits per heavy atom. The summed E-state index contributed by atoms with van der Waals surface area (Å²) < 4.78 is 6.93. The van der Waals surface area contributed by atoms with Crippen LogP contribution >= 0.6 is 0 Å². The lowest BCUT2D eigenvalue weighted by Crippen LogP contribution is -2.62. The monoisotopic (exact) mass is 330 g/mol. The molecule has 1 aromatic rings. The zero-order chi connectivity index (χ0) is 17.3. The molecule has 2 bridgehead atoms. The number of hydrogen-bond donors (Lipinski definition) is 3. The van der Waals surface area contributed by atoms with E-state index in [1.54, 1.807) is 12.3 Å². The number of ether oxygens (including phenoxy) is 1. The van der Waals surface area contributed by atoms with Gasteiger partial charge in [-0.15, -0.1) is 0 Å². The molecule has 3 aliphatic carbocycles. The van der Waals surface area contributed by atoms with Crippen molar-refractivity contribution in [2.75, 3.05) is 32.6 Å². The number of methoxy groups -OCH3 is 1. The molecule has 0 saturated heterocycles. The maximum atomic E-state index is 12.6. The average molecular weight is 330 g/mol. The molecule has 0 aliphatic heterocycles. The van der Waals surface area contributed by atoms with E-state index >= 15 is 0 Å². The summed E-state index contributed by atoms with van der Waals surface area (Å²) in [4.78, 5) is 12.6. The van der Waals surface area contributed by atoms with Gasteiger partial charge in [-0.1, -0.05) is 12.2 Å². The van der Waals surface area contributed by atoms with Crippen LogP contribution in [0.25, 0.3) is 0 Å². The summed E-state index contributed by atoms with van der Waals surface area (Å²) in [6.45, 7) is 5.48. The van der Waals surface area contributed by atoms with E-state index in [4.69, 9.17) is 10.1 Å². The Bertz CT molecular complexity index is 705. The highest BCUT2D eigenvalue weighted by molar-refractivity contribution is 5.97. The molecule has 0 aromatic carbocycles. The van der Waals surface area contributed by atoms with Crippen LogP contribution in [0.1, 0.15) is 31.2 Å². The Kier molecular flexibility index (Phi) is 4.49. The SMILES string of the molecule is C=C(CCNC)CNc1cc(=O)n(C23CC(C2)C3)cc1C(=N)OC. The maximum absolute atomic E-state index is 12.6. The molecule has 130 valence electrons. The second-order valence-electron chi connectivity index (χ2n) is 7.00. The summed E-state index contributed by atoms with van der Waals surface area (Å²) in [5, 5.41) is 14.4. The highest BCUT2D eigenvalue weighted by atomic mass is 16.5. The number of aromatic nitrogens is 1. The highest BCUT2D eigenvalue weighted by Crippen LogP contribution is 2.61. The van der Waals surface area contributed by atoms with Gasteiger partial charge in [0.2, 0.25) is 5.90 Å². The predicted octanol–water partition coefficient (Wildman–Crippen LogP) is 1.91. The van der Waals surface area contributed by atoms with E-state index in [-0.39, 0.29) is 17.0 Å². The fourth-order valence-corrected chi connectivity index (χ4v) is 3.68. The Balaban J connectivity index is 1.82. The molecule has 3 N–H and O–H groups in total. The molecule has 0 amide bonds. The van der Waals surface area contributed by atoms with Gasteiger partial charge in [-0.2, -0.15) is 0 Å². The molecule has 3 saturated carbocycles. The molecule has 3 fully saturated rings. The third-order valence-corrected chi connectivity index (χ3v) is 5.28. The van der Waals surface area contributed by atoms with Gasteiger partial charge in [0.1, 0.15) is 0 Å². The van der Waals surface area contributed by atoms with E-state index in [9.17, 15) is 4.79 Å². The zero-order valence-electron chi connectivity index (χ0n) is 14.4. The summed E-state index contributed by atoms with van der Waals surface area (Å²) in [7, 11) is 3.39. The molecule has 24 heavy (non-hydrogen) atoms. The minimum atomic E-state index is -0.0101. The summed E-state index contributed by atoms with van der Waals surface area (Å²) >= 11 is 0. The highest BCUT2D eigenvalue weighted by Gasteiger charge is 2.58. The van der Waals surface area contributed by atoms with Gasteiger partial charge in [-0.25, -0.2) is 0 Å². The molecule has 6 nitrogen and oxygen atoms in total. The van der Waals surface area contributed by atoms with E-state index in [0.29, 0.717) is 17.8 Å². The first-order valence-electron chi connectivity index (χ1n) is 8.44. The van der Waals surface area contributed by atoms with Crippen LogP contribution in [-0.4, -0.2) is 37.7 Å². The second-order valence-corrected chi connectivity index (χ2v) is 7.00. The van der Waals surface area contributed by atoms with Crippen molar-refractivity contribution in [3.63, 3.8) is 0 Å². The fourth-order valence-electron chi connectivity index (χ4n) is 3.68. The molecular weight excluding hydrogens is 304 g/mol. The number of nitrogens with one attached hydrogen (secondary N) is 3. The van der Waals surface area contributed by atoms with Gasteiger partial charge in [0, 0.05) is 24.3 Å². The van der Waals surface area contributed by atoms with Crippen molar-refractivity contribution < 1.29 is 4.74 Å².